The molecule has 2 unspecified atom stereocenters. The van der Waals surface area contributed by atoms with Crippen molar-refractivity contribution < 1.29 is 19.7 Å². The van der Waals surface area contributed by atoms with Crippen molar-refractivity contribution in [1.82, 2.24) is 5.32 Å². The van der Waals surface area contributed by atoms with Gasteiger partial charge in [0.1, 0.15) is 0 Å². The Balaban J connectivity index is 2.11. The number of amides is 1. The highest BCUT2D eigenvalue weighted by Crippen LogP contribution is 2.15. The van der Waals surface area contributed by atoms with E-state index in [1.807, 2.05) is 0 Å². The molecule has 0 saturated carbocycles. The summed E-state index contributed by atoms with van der Waals surface area (Å²) in [7, 11) is 0. The van der Waals surface area contributed by atoms with Crippen LogP contribution in [0, 0.1) is 0 Å². The second-order valence-corrected chi connectivity index (χ2v) is 3.83. The van der Waals surface area contributed by atoms with E-state index in [0.29, 0.717) is 6.42 Å². The minimum absolute atomic E-state index is 0.0185. The molecule has 1 aliphatic heterocycles. The zero-order valence-electron chi connectivity index (χ0n) is 8.82. The molecule has 0 aromatic rings. The summed E-state index contributed by atoms with van der Waals surface area (Å²) in [6.45, 7) is 0.499. The van der Waals surface area contributed by atoms with E-state index in [-0.39, 0.29) is 25.2 Å². The van der Waals surface area contributed by atoms with Crippen LogP contribution in [-0.2, 0) is 9.53 Å². The lowest BCUT2D eigenvalue weighted by atomic mass is 10.1. The van der Waals surface area contributed by atoms with Crippen LogP contribution < -0.4 is 5.32 Å². The molecule has 1 fully saturated rings. The monoisotopic (exact) mass is 217 g/mol. The quantitative estimate of drug-likeness (QED) is 0.575. The van der Waals surface area contributed by atoms with Gasteiger partial charge in [-0.1, -0.05) is 0 Å². The maximum absolute atomic E-state index is 11.3. The number of rotatable bonds is 5. The lowest BCUT2D eigenvalue weighted by Gasteiger charge is -2.22. The molecule has 3 N–H and O–H groups in total. The van der Waals surface area contributed by atoms with Gasteiger partial charge in [-0.3, -0.25) is 4.79 Å². The molecule has 15 heavy (non-hydrogen) atoms. The average Bonchev–Trinajstić information content (AvgIpc) is 2.27. The smallest absolute Gasteiger partial charge is 0.222 e. The van der Waals surface area contributed by atoms with Crippen LogP contribution >= 0.6 is 0 Å². The van der Waals surface area contributed by atoms with E-state index in [0.717, 1.165) is 25.9 Å². The van der Waals surface area contributed by atoms with Gasteiger partial charge in [-0.25, -0.2) is 0 Å². The molecule has 0 aliphatic carbocycles. The minimum atomic E-state index is -0.874. The highest BCUT2D eigenvalue weighted by atomic mass is 16.5. The lowest BCUT2D eigenvalue weighted by molar-refractivity contribution is -0.125. The first-order valence-corrected chi connectivity index (χ1v) is 5.39. The predicted molar refractivity (Wildman–Crippen MR) is 54.3 cm³/mol. The number of aliphatic hydroxyl groups is 2. The first kappa shape index (κ1) is 12.4. The molecule has 0 aromatic carbocycles. The highest BCUT2D eigenvalue weighted by molar-refractivity contribution is 5.76. The molecule has 0 aromatic heterocycles. The Morgan fingerprint density at radius 1 is 1.53 bits per heavy atom. The molecule has 0 bridgehead atoms. The number of carbonyl (C=O) groups excluding carboxylic acids is 1. The zero-order chi connectivity index (χ0) is 11.1. The first-order valence-electron chi connectivity index (χ1n) is 5.39. The number of aliphatic hydroxyl groups excluding tert-OH is 2. The largest absolute Gasteiger partial charge is 0.394 e. The van der Waals surface area contributed by atoms with Gasteiger partial charge >= 0.3 is 0 Å². The van der Waals surface area contributed by atoms with Crippen molar-refractivity contribution in [3.05, 3.63) is 0 Å². The van der Waals surface area contributed by atoms with Gasteiger partial charge in [0.25, 0.3) is 0 Å². The first-order chi connectivity index (χ1) is 7.22. The fourth-order valence-corrected chi connectivity index (χ4v) is 1.54. The van der Waals surface area contributed by atoms with Gasteiger partial charge in [-0.05, 0) is 19.3 Å². The van der Waals surface area contributed by atoms with Gasteiger partial charge in [-0.2, -0.15) is 0 Å². The van der Waals surface area contributed by atoms with Crippen molar-refractivity contribution in [2.75, 3.05) is 19.8 Å². The van der Waals surface area contributed by atoms with Crippen molar-refractivity contribution in [2.24, 2.45) is 0 Å². The molecule has 1 saturated heterocycles. The van der Waals surface area contributed by atoms with Gasteiger partial charge in [0.15, 0.2) is 0 Å². The Labute approximate surface area is 89.4 Å². The van der Waals surface area contributed by atoms with Gasteiger partial charge in [0.2, 0.25) is 5.91 Å². The third-order valence-corrected chi connectivity index (χ3v) is 2.43. The Morgan fingerprint density at radius 3 is 2.93 bits per heavy atom. The molecule has 5 nitrogen and oxygen atoms in total. The molecule has 0 spiro atoms. The van der Waals surface area contributed by atoms with Crippen LogP contribution in [0.1, 0.15) is 25.7 Å². The van der Waals surface area contributed by atoms with Crippen molar-refractivity contribution >= 4 is 5.91 Å². The van der Waals surface area contributed by atoms with E-state index in [4.69, 9.17) is 14.9 Å². The van der Waals surface area contributed by atoms with Crippen LogP contribution in [0.4, 0.5) is 0 Å². The molecular weight excluding hydrogens is 198 g/mol. The summed E-state index contributed by atoms with van der Waals surface area (Å²) in [4.78, 5) is 11.3. The number of hydrogen-bond acceptors (Lipinski definition) is 4. The van der Waals surface area contributed by atoms with Gasteiger partial charge in [-0.15, -0.1) is 0 Å². The third-order valence-electron chi connectivity index (χ3n) is 2.43. The topological polar surface area (TPSA) is 78.8 Å². The van der Waals surface area contributed by atoms with E-state index in [9.17, 15) is 4.79 Å². The van der Waals surface area contributed by atoms with E-state index in [1.165, 1.54) is 0 Å². The Kier molecular flexibility index (Phi) is 5.60. The summed E-state index contributed by atoms with van der Waals surface area (Å²) in [5, 5.41) is 20.1. The molecule has 1 aliphatic rings. The number of ether oxygens (including phenoxy) is 1. The molecule has 0 radical (unpaired) electrons. The fourth-order valence-electron chi connectivity index (χ4n) is 1.54. The molecular formula is C10H19NO4. The van der Waals surface area contributed by atoms with Crippen LogP contribution in [0.15, 0.2) is 0 Å². The second kappa shape index (κ2) is 6.76. The van der Waals surface area contributed by atoms with Crippen LogP contribution in [0.3, 0.4) is 0 Å². The summed E-state index contributed by atoms with van der Waals surface area (Å²) < 4.78 is 5.41. The molecule has 2 atom stereocenters. The normalized spacial score (nSPS) is 23.5. The van der Waals surface area contributed by atoms with E-state index >= 15 is 0 Å². The maximum Gasteiger partial charge on any atom is 0.222 e. The third kappa shape index (κ3) is 5.11. The lowest BCUT2D eigenvalue weighted by Crippen LogP contribution is -2.36. The van der Waals surface area contributed by atoms with E-state index in [2.05, 4.69) is 5.32 Å². The Hall–Kier alpha value is -0.650. The summed E-state index contributed by atoms with van der Waals surface area (Å²) in [5.74, 6) is -0.130. The molecule has 1 rings (SSSR count). The summed E-state index contributed by atoms with van der Waals surface area (Å²) in [5.41, 5.74) is 0. The molecule has 1 amide bonds. The maximum atomic E-state index is 11.3. The van der Waals surface area contributed by atoms with Crippen molar-refractivity contribution in [2.45, 2.75) is 37.9 Å². The molecule has 1 heterocycles. The number of carbonyl (C=O) groups is 1. The standard InChI is InChI=1S/C10H19NO4/c12-7-8(13)6-11-10(14)5-9-3-1-2-4-15-9/h8-9,12-13H,1-7H2,(H,11,14). The van der Waals surface area contributed by atoms with Crippen LogP contribution in [0.25, 0.3) is 0 Å². The van der Waals surface area contributed by atoms with Gasteiger partial charge in [0.05, 0.1) is 25.2 Å². The fraction of sp³-hybridized carbons (Fsp3) is 0.900. The van der Waals surface area contributed by atoms with Crippen LogP contribution in [-0.4, -0.2) is 48.1 Å². The van der Waals surface area contributed by atoms with Crippen molar-refractivity contribution in [3.63, 3.8) is 0 Å². The van der Waals surface area contributed by atoms with Gasteiger partial charge in [0, 0.05) is 13.2 Å². The van der Waals surface area contributed by atoms with Crippen LogP contribution in [0.5, 0.6) is 0 Å². The van der Waals surface area contributed by atoms with E-state index < -0.39 is 6.10 Å². The number of hydrogen-bond donors (Lipinski definition) is 3. The van der Waals surface area contributed by atoms with E-state index in [1.54, 1.807) is 0 Å². The highest BCUT2D eigenvalue weighted by Gasteiger charge is 2.17. The predicted octanol–water partition coefficient (Wildman–Crippen LogP) is -0.585. The number of nitrogens with one attached hydrogen (secondary N) is 1. The second-order valence-electron chi connectivity index (χ2n) is 3.83. The molecule has 88 valence electrons. The Bertz CT molecular complexity index is 192. The van der Waals surface area contributed by atoms with Crippen molar-refractivity contribution in [3.8, 4) is 0 Å². The Morgan fingerprint density at radius 2 is 2.33 bits per heavy atom. The summed E-state index contributed by atoms with van der Waals surface area (Å²) in [6, 6.07) is 0. The van der Waals surface area contributed by atoms with Gasteiger partial charge < -0.3 is 20.3 Å². The zero-order valence-corrected chi connectivity index (χ0v) is 8.82. The average molecular weight is 217 g/mol. The van der Waals surface area contributed by atoms with Crippen molar-refractivity contribution in [1.29, 1.82) is 0 Å². The SMILES string of the molecule is O=C(CC1CCCCO1)NCC(O)CO. The molecule has 5 heteroatoms. The summed E-state index contributed by atoms with van der Waals surface area (Å²) >= 11 is 0. The minimum Gasteiger partial charge on any atom is -0.394 e. The van der Waals surface area contributed by atoms with Crippen LogP contribution in [0.2, 0.25) is 0 Å². The summed E-state index contributed by atoms with van der Waals surface area (Å²) in [6.07, 6.45) is 2.60.